The SMILES string of the molecule is Cc1nnc2sc(SCC(=O)NCc3ccccc3Cl)nn2c1=O. The Balaban J connectivity index is 1.59. The molecule has 0 aliphatic carbocycles. The normalized spacial score (nSPS) is 10.9. The van der Waals surface area contributed by atoms with Gasteiger partial charge in [0.1, 0.15) is 5.69 Å². The van der Waals surface area contributed by atoms with E-state index in [0.717, 1.165) is 5.56 Å². The Morgan fingerprint density at radius 3 is 2.96 bits per heavy atom. The summed E-state index contributed by atoms with van der Waals surface area (Å²) >= 11 is 8.51. The molecular formula is C14H12ClN5O2S2. The smallest absolute Gasteiger partial charge is 0.296 e. The van der Waals surface area contributed by atoms with Crippen LogP contribution in [-0.2, 0) is 11.3 Å². The minimum absolute atomic E-state index is 0.145. The van der Waals surface area contributed by atoms with Crippen LogP contribution >= 0.6 is 34.7 Å². The highest BCUT2D eigenvalue weighted by Gasteiger charge is 2.11. The number of rotatable bonds is 5. The van der Waals surface area contributed by atoms with Crippen LogP contribution in [0.2, 0.25) is 5.02 Å². The van der Waals surface area contributed by atoms with Crippen LogP contribution in [0.25, 0.3) is 4.96 Å². The zero-order valence-electron chi connectivity index (χ0n) is 12.5. The van der Waals surface area contributed by atoms with Crippen molar-refractivity contribution in [2.45, 2.75) is 17.8 Å². The molecule has 124 valence electrons. The van der Waals surface area contributed by atoms with Crippen molar-refractivity contribution in [2.24, 2.45) is 0 Å². The van der Waals surface area contributed by atoms with E-state index >= 15 is 0 Å². The van der Waals surface area contributed by atoms with Crippen molar-refractivity contribution in [3.05, 3.63) is 50.9 Å². The van der Waals surface area contributed by atoms with E-state index in [0.29, 0.717) is 20.9 Å². The molecule has 0 spiro atoms. The van der Waals surface area contributed by atoms with Gasteiger partial charge in [0, 0.05) is 11.6 Å². The van der Waals surface area contributed by atoms with Gasteiger partial charge >= 0.3 is 0 Å². The maximum atomic E-state index is 11.9. The van der Waals surface area contributed by atoms with E-state index in [9.17, 15) is 9.59 Å². The number of aryl methyl sites for hydroxylation is 1. The summed E-state index contributed by atoms with van der Waals surface area (Å²) in [5.74, 6) is 0.0413. The van der Waals surface area contributed by atoms with Gasteiger partial charge in [-0.3, -0.25) is 9.59 Å². The summed E-state index contributed by atoms with van der Waals surface area (Å²) < 4.78 is 1.79. The molecule has 24 heavy (non-hydrogen) atoms. The highest BCUT2D eigenvalue weighted by molar-refractivity contribution is 8.01. The second-order valence-electron chi connectivity index (χ2n) is 4.81. The molecule has 1 amide bonds. The number of hydrogen-bond acceptors (Lipinski definition) is 7. The lowest BCUT2D eigenvalue weighted by molar-refractivity contribution is -0.118. The summed E-state index contributed by atoms with van der Waals surface area (Å²) in [6.45, 7) is 1.94. The van der Waals surface area contributed by atoms with Crippen molar-refractivity contribution in [3.63, 3.8) is 0 Å². The van der Waals surface area contributed by atoms with Crippen molar-refractivity contribution >= 4 is 45.6 Å². The molecule has 3 rings (SSSR count). The fraction of sp³-hybridized carbons (Fsp3) is 0.214. The maximum absolute atomic E-state index is 11.9. The van der Waals surface area contributed by atoms with Crippen molar-refractivity contribution in [1.82, 2.24) is 25.1 Å². The molecule has 0 aliphatic heterocycles. The molecule has 2 aromatic heterocycles. The van der Waals surface area contributed by atoms with Crippen LogP contribution in [-0.4, -0.2) is 31.5 Å². The molecule has 0 bridgehead atoms. The molecule has 0 saturated carbocycles. The average Bonchev–Trinajstić information content (AvgIpc) is 3.00. The van der Waals surface area contributed by atoms with Crippen molar-refractivity contribution in [1.29, 1.82) is 0 Å². The van der Waals surface area contributed by atoms with Gasteiger partial charge in [-0.2, -0.15) is 4.52 Å². The number of nitrogens with one attached hydrogen (secondary N) is 1. The summed E-state index contributed by atoms with van der Waals surface area (Å²) in [6.07, 6.45) is 0. The first-order chi connectivity index (χ1) is 11.5. The van der Waals surface area contributed by atoms with Gasteiger partial charge in [0.05, 0.1) is 5.75 Å². The number of amides is 1. The van der Waals surface area contributed by atoms with Gasteiger partial charge in [-0.15, -0.1) is 15.3 Å². The van der Waals surface area contributed by atoms with Crippen molar-refractivity contribution in [2.75, 3.05) is 5.75 Å². The van der Waals surface area contributed by atoms with Crippen LogP contribution in [0.5, 0.6) is 0 Å². The zero-order chi connectivity index (χ0) is 17.1. The fourth-order valence-corrected chi connectivity index (χ4v) is 3.75. The third-order valence-corrected chi connectivity index (χ3v) is 5.49. The maximum Gasteiger partial charge on any atom is 0.296 e. The standard InChI is InChI=1S/C14H12ClN5O2S2/c1-8-12(22)20-13(18-17-8)24-14(19-20)23-7-11(21)16-6-9-4-2-3-5-10(9)15/h2-5H,6-7H2,1H3,(H,16,21). The number of nitrogens with zero attached hydrogens (tertiary/aromatic N) is 4. The van der Waals surface area contributed by atoms with Gasteiger partial charge in [-0.05, 0) is 18.6 Å². The second-order valence-corrected chi connectivity index (χ2v) is 7.40. The van der Waals surface area contributed by atoms with E-state index in [2.05, 4.69) is 20.6 Å². The van der Waals surface area contributed by atoms with Crippen LogP contribution < -0.4 is 10.9 Å². The number of benzene rings is 1. The fourth-order valence-electron chi connectivity index (χ4n) is 1.85. The predicted octanol–water partition coefficient (Wildman–Crippen LogP) is 1.92. The predicted molar refractivity (Wildman–Crippen MR) is 93.7 cm³/mol. The van der Waals surface area contributed by atoms with Gasteiger partial charge in [0.25, 0.3) is 5.56 Å². The van der Waals surface area contributed by atoms with Gasteiger partial charge in [-0.25, -0.2) is 0 Å². The lowest BCUT2D eigenvalue weighted by atomic mass is 10.2. The zero-order valence-corrected chi connectivity index (χ0v) is 14.9. The Morgan fingerprint density at radius 1 is 1.38 bits per heavy atom. The molecule has 7 nitrogen and oxygen atoms in total. The lowest BCUT2D eigenvalue weighted by Crippen LogP contribution is -2.24. The van der Waals surface area contributed by atoms with Crippen LogP contribution in [0, 0.1) is 6.92 Å². The minimum Gasteiger partial charge on any atom is -0.351 e. The van der Waals surface area contributed by atoms with E-state index in [1.165, 1.54) is 27.6 Å². The Morgan fingerprint density at radius 2 is 2.17 bits per heavy atom. The topological polar surface area (TPSA) is 89.2 Å². The van der Waals surface area contributed by atoms with E-state index in [4.69, 9.17) is 11.6 Å². The molecule has 0 radical (unpaired) electrons. The van der Waals surface area contributed by atoms with Crippen LogP contribution in [0.3, 0.4) is 0 Å². The largest absolute Gasteiger partial charge is 0.351 e. The molecule has 1 N–H and O–H groups in total. The molecule has 0 atom stereocenters. The molecule has 0 unspecified atom stereocenters. The first kappa shape index (κ1) is 16.9. The number of carbonyl (C=O) groups excluding carboxylic acids is 1. The number of thioether (sulfide) groups is 1. The molecule has 10 heteroatoms. The van der Waals surface area contributed by atoms with Crippen LogP contribution in [0.15, 0.2) is 33.4 Å². The Bertz CT molecular complexity index is 956. The third-order valence-electron chi connectivity index (χ3n) is 3.09. The van der Waals surface area contributed by atoms with Gasteiger partial charge in [0.2, 0.25) is 10.9 Å². The first-order valence-corrected chi connectivity index (χ1v) is 9.08. The number of fused-ring (bicyclic) bond motifs is 1. The summed E-state index contributed by atoms with van der Waals surface area (Å²) in [7, 11) is 0. The molecule has 3 aromatic rings. The number of aromatic nitrogens is 4. The number of carbonyl (C=O) groups is 1. The van der Waals surface area contributed by atoms with Crippen molar-refractivity contribution < 1.29 is 4.79 Å². The van der Waals surface area contributed by atoms with Gasteiger partial charge in [0.15, 0.2) is 4.34 Å². The number of hydrogen-bond donors (Lipinski definition) is 1. The highest BCUT2D eigenvalue weighted by Crippen LogP contribution is 2.22. The molecule has 2 heterocycles. The third kappa shape index (κ3) is 3.74. The molecule has 0 fully saturated rings. The summed E-state index contributed by atoms with van der Waals surface area (Å²) in [5.41, 5.74) is 0.841. The molecule has 1 aromatic carbocycles. The van der Waals surface area contributed by atoms with E-state index in [-0.39, 0.29) is 22.9 Å². The molecule has 0 aliphatic rings. The Kier molecular flexibility index (Phi) is 5.12. The first-order valence-electron chi connectivity index (χ1n) is 6.90. The van der Waals surface area contributed by atoms with Gasteiger partial charge < -0.3 is 5.32 Å². The highest BCUT2D eigenvalue weighted by atomic mass is 35.5. The monoisotopic (exact) mass is 381 g/mol. The summed E-state index contributed by atoms with van der Waals surface area (Å²) in [5, 5.41) is 15.3. The molecule has 0 saturated heterocycles. The Labute approximate surface area is 150 Å². The summed E-state index contributed by atoms with van der Waals surface area (Å²) in [6, 6.07) is 7.34. The minimum atomic E-state index is -0.300. The van der Waals surface area contributed by atoms with Gasteiger partial charge in [-0.1, -0.05) is 52.9 Å². The lowest BCUT2D eigenvalue weighted by Gasteiger charge is -2.05. The van der Waals surface area contributed by atoms with E-state index in [1.54, 1.807) is 13.0 Å². The van der Waals surface area contributed by atoms with E-state index in [1.807, 2.05) is 18.2 Å². The average molecular weight is 382 g/mol. The second kappa shape index (κ2) is 7.29. The number of halogens is 1. The van der Waals surface area contributed by atoms with Crippen LogP contribution in [0.1, 0.15) is 11.3 Å². The Hall–Kier alpha value is -1.97. The summed E-state index contributed by atoms with van der Waals surface area (Å²) in [4.78, 5) is 24.2. The van der Waals surface area contributed by atoms with E-state index < -0.39 is 0 Å². The van der Waals surface area contributed by atoms with Crippen LogP contribution in [0.4, 0.5) is 0 Å². The quantitative estimate of drug-likeness (QED) is 0.679. The van der Waals surface area contributed by atoms with Crippen molar-refractivity contribution in [3.8, 4) is 0 Å². The molecular weight excluding hydrogens is 370 g/mol.